The Hall–Kier alpha value is -2.87. The minimum atomic E-state index is -1.06. The van der Waals surface area contributed by atoms with Gasteiger partial charge in [-0.05, 0) is 50.5 Å². The third-order valence-corrected chi connectivity index (χ3v) is 6.20. The van der Waals surface area contributed by atoms with Crippen molar-refractivity contribution >= 4 is 17.5 Å². The number of nitrogens with zero attached hydrogens (tertiary/aromatic N) is 3. The largest absolute Gasteiger partial charge is 0.334 e. The first kappa shape index (κ1) is 25.7. The van der Waals surface area contributed by atoms with E-state index in [1.165, 1.54) is 28.0 Å². The van der Waals surface area contributed by atoms with Gasteiger partial charge in [-0.1, -0.05) is 19.1 Å². The summed E-state index contributed by atoms with van der Waals surface area (Å²) < 4.78 is 43.0. The quantitative estimate of drug-likeness (QED) is 0.628. The van der Waals surface area contributed by atoms with Crippen molar-refractivity contribution in [1.82, 2.24) is 9.80 Å². The zero-order valence-corrected chi connectivity index (χ0v) is 20.0. The van der Waals surface area contributed by atoms with Gasteiger partial charge in [0.2, 0.25) is 5.91 Å². The molecule has 0 saturated carbocycles. The Balaban J connectivity index is 2.07. The maximum absolute atomic E-state index is 14.4. The molecule has 1 aliphatic rings. The monoisotopic (exact) mass is 475 g/mol. The van der Waals surface area contributed by atoms with Crippen LogP contribution in [0.5, 0.6) is 0 Å². The van der Waals surface area contributed by atoms with E-state index in [-0.39, 0.29) is 36.2 Å². The number of halogens is 3. The first-order valence-electron chi connectivity index (χ1n) is 11.8. The van der Waals surface area contributed by atoms with E-state index in [2.05, 4.69) is 18.7 Å². The lowest BCUT2D eigenvalue weighted by Crippen LogP contribution is -2.40. The number of amides is 2. The lowest BCUT2D eigenvalue weighted by molar-refractivity contribution is -0.118. The van der Waals surface area contributed by atoms with Crippen LogP contribution in [0.3, 0.4) is 0 Å². The van der Waals surface area contributed by atoms with Crippen LogP contribution in [0.25, 0.3) is 0 Å². The summed E-state index contributed by atoms with van der Waals surface area (Å²) in [5, 5.41) is 0. The smallest absolute Gasteiger partial charge is 0.257 e. The Morgan fingerprint density at radius 2 is 1.56 bits per heavy atom. The maximum Gasteiger partial charge on any atom is 0.257 e. The SMILES string of the molecule is CCC(=O)N1CCCN(C(C)C)CCCN(C(=O)c2ccccc2F)Cc2cc(F)c(F)cc21. The number of hydrogen-bond donors (Lipinski definition) is 0. The third kappa shape index (κ3) is 5.97. The molecule has 0 saturated heterocycles. The predicted octanol–water partition coefficient (Wildman–Crippen LogP) is 4.99. The van der Waals surface area contributed by atoms with Crippen molar-refractivity contribution < 1.29 is 22.8 Å². The van der Waals surface area contributed by atoms with Crippen LogP contribution in [0.2, 0.25) is 0 Å². The van der Waals surface area contributed by atoms with E-state index in [0.717, 1.165) is 12.1 Å². The first-order chi connectivity index (χ1) is 16.2. The molecule has 2 amide bonds. The first-order valence-corrected chi connectivity index (χ1v) is 11.8. The van der Waals surface area contributed by atoms with E-state index in [9.17, 15) is 22.8 Å². The number of carbonyl (C=O) groups excluding carboxylic acids is 2. The van der Waals surface area contributed by atoms with Crippen LogP contribution in [-0.2, 0) is 11.3 Å². The average Bonchev–Trinajstić information content (AvgIpc) is 2.80. The van der Waals surface area contributed by atoms with Crippen LogP contribution in [0.1, 0.15) is 56.0 Å². The van der Waals surface area contributed by atoms with Crippen LogP contribution in [0.15, 0.2) is 36.4 Å². The van der Waals surface area contributed by atoms with Gasteiger partial charge in [0.25, 0.3) is 5.91 Å². The lowest BCUT2D eigenvalue weighted by Gasteiger charge is -2.33. The molecule has 5 nitrogen and oxygen atoms in total. The Kier molecular flexibility index (Phi) is 8.72. The lowest BCUT2D eigenvalue weighted by atomic mass is 10.1. The van der Waals surface area contributed by atoms with Crippen molar-refractivity contribution in [3.05, 3.63) is 65.0 Å². The minimum absolute atomic E-state index is 0.0745. The zero-order chi connectivity index (χ0) is 24.8. The zero-order valence-electron chi connectivity index (χ0n) is 20.0. The molecule has 3 rings (SSSR count). The molecular formula is C26H32F3N3O2. The Labute approximate surface area is 199 Å². The van der Waals surface area contributed by atoms with Crippen molar-refractivity contribution in [3.8, 4) is 0 Å². The topological polar surface area (TPSA) is 43.9 Å². The molecule has 34 heavy (non-hydrogen) atoms. The Morgan fingerprint density at radius 3 is 2.21 bits per heavy atom. The van der Waals surface area contributed by atoms with E-state index in [1.807, 2.05) is 0 Å². The summed E-state index contributed by atoms with van der Waals surface area (Å²) in [6.45, 7) is 7.87. The second-order valence-corrected chi connectivity index (χ2v) is 8.84. The molecule has 2 aromatic carbocycles. The molecule has 8 heteroatoms. The van der Waals surface area contributed by atoms with Gasteiger partial charge in [0.05, 0.1) is 11.3 Å². The average molecular weight is 476 g/mol. The summed E-state index contributed by atoms with van der Waals surface area (Å²) >= 11 is 0. The normalized spacial score (nSPS) is 16.1. The van der Waals surface area contributed by atoms with Gasteiger partial charge in [-0.2, -0.15) is 0 Å². The standard InChI is InChI=1S/C26H32F3N3O2/c1-4-25(33)32-14-8-12-30(18(2)3)11-7-13-31(26(34)20-9-5-6-10-21(20)27)17-19-15-22(28)23(29)16-24(19)32/h5-6,9-10,15-16,18H,4,7-8,11-14,17H2,1-3H3. The number of anilines is 1. The summed E-state index contributed by atoms with van der Waals surface area (Å²) in [5.41, 5.74) is 0.473. The van der Waals surface area contributed by atoms with Crippen LogP contribution in [-0.4, -0.2) is 53.8 Å². The minimum Gasteiger partial charge on any atom is -0.334 e. The van der Waals surface area contributed by atoms with Crippen LogP contribution < -0.4 is 4.90 Å². The molecule has 0 atom stereocenters. The molecule has 0 N–H and O–H groups in total. The summed E-state index contributed by atoms with van der Waals surface area (Å²) in [4.78, 5) is 31.3. The fourth-order valence-corrected chi connectivity index (χ4v) is 4.31. The van der Waals surface area contributed by atoms with Gasteiger partial charge < -0.3 is 14.7 Å². The van der Waals surface area contributed by atoms with Gasteiger partial charge in [-0.25, -0.2) is 13.2 Å². The van der Waals surface area contributed by atoms with E-state index < -0.39 is 23.4 Å². The number of fused-ring (bicyclic) bond motifs is 1. The fourth-order valence-electron chi connectivity index (χ4n) is 4.31. The number of carbonyl (C=O) groups is 2. The summed E-state index contributed by atoms with van der Waals surface area (Å²) in [7, 11) is 0. The number of rotatable bonds is 3. The fraction of sp³-hybridized carbons (Fsp3) is 0.462. The highest BCUT2D eigenvalue weighted by Gasteiger charge is 2.26. The second kappa shape index (κ2) is 11.5. The van der Waals surface area contributed by atoms with Gasteiger partial charge in [-0.3, -0.25) is 9.59 Å². The Bertz CT molecular complexity index is 1030. The Morgan fingerprint density at radius 1 is 0.912 bits per heavy atom. The molecule has 0 aliphatic carbocycles. The molecule has 0 bridgehead atoms. The van der Waals surface area contributed by atoms with Gasteiger partial charge in [-0.15, -0.1) is 0 Å². The maximum atomic E-state index is 14.4. The number of benzene rings is 2. The van der Waals surface area contributed by atoms with Gasteiger partial charge in [0.15, 0.2) is 11.6 Å². The molecule has 0 fully saturated rings. The van der Waals surface area contributed by atoms with Crippen molar-refractivity contribution in [3.63, 3.8) is 0 Å². The van der Waals surface area contributed by atoms with Crippen molar-refractivity contribution in [2.24, 2.45) is 0 Å². The molecule has 2 aromatic rings. The van der Waals surface area contributed by atoms with Gasteiger partial charge >= 0.3 is 0 Å². The van der Waals surface area contributed by atoms with E-state index in [4.69, 9.17) is 0 Å². The highest BCUT2D eigenvalue weighted by atomic mass is 19.2. The van der Waals surface area contributed by atoms with Crippen LogP contribution >= 0.6 is 0 Å². The van der Waals surface area contributed by atoms with Gasteiger partial charge in [0.1, 0.15) is 5.82 Å². The molecule has 0 radical (unpaired) electrons. The highest BCUT2D eigenvalue weighted by Crippen LogP contribution is 2.28. The highest BCUT2D eigenvalue weighted by molar-refractivity contribution is 5.95. The molecule has 1 heterocycles. The number of hydrogen-bond acceptors (Lipinski definition) is 3. The summed E-state index contributed by atoms with van der Waals surface area (Å²) in [5.74, 6) is -3.51. The molecule has 0 aromatic heterocycles. The predicted molar refractivity (Wildman–Crippen MR) is 126 cm³/mol. The van der Waals surface area contributed by atoms with Gasteiger partial charge in [0, 0.05) is 51.3 Å². The van der Waals surface area contributed by atoms with Crippen LogP contribution in [0.4, 0.5) is 18.9 Å². The molecular weight excluding hydrogens is 443 g/mol. The summed E-state index contributed by atoms with van der Waals surface area (Å²) in [6, 6.07) is 8.03. The molecule has 0 spiro atoms. The van der Waals surface area contributed by atoms with Crippen LogP contribution in [0, 0.1) is 17.5 Å². The molecule has 184 valence electrons. The van der Waals surface area contributed by atoms with E-state index in [0.29, 0.717) is 44.6 Å². The van der Waals surface area contributed by atoms with Crippen molar-refractivity contribution in [2.45, 2.75) is 52.6 Å². The van der Waals surface area contributed by atoms with Crippen molar-refractivity contribution in [1.29, 1.82) is 0 Å². The molecule has 1 aliphatic heterocycles. The van der Waals surface area contributed by atoms with E-state index >= 15 is 0 Å². The molecule has 0 unspecified atom stereocenters. The third-order valence-electron chi connectivity index (χ3n) is 6.20. The van der Waals surface area contributed by atoms with Crippen molar-refractivity contribution in [2.75, 3.05) is 31.1 Å². The second-order valence-electron chi connectivity index (χ2n) is 8.84. The summed E-state index contributed by atoms with van der Waals surface area (Å²) in [6.07, 6.45) is 1.50. The van der Waals surface area contributed by atoms with E-state index in [1.54, 1.807) is 13.0 Å².